The van der Waals surface area contributed by atoms with Gasteiger partial charge in [0.25, 0.3) is 0 Å². The van der Waals surface area contributed by atoms with Gasteiger partial charge < -0.3 is 10.1 Å². The van der Waals surface area contributed by atoms with Gasteiger partial charge in [-0.2, -0.15) is 0 Å². The van der Waals surface area contributed by atoms with Crippen molar-refractivity contribution in [1.29, 1.82) is 0 Å². The molecule has 0 radical (unpaired) electrons. The van der Waals surface area contributed by atoms with E-state index in [2.05, 4.69) is 39.9 Å². The maximum absolute atomic E-state index is 5.99. The highest BCUT2D eigenvalue weighted by Gasteiger charge is 2.37. The van der Waals surface area contributed by atoms with Crippen LogP contribution in [-0.2, 0) is 4.74 Å². The summed E-state index contributed by atoms with van der Waals surface area (Å²) < 4.78 is 5.99. The lowest BCUT2D eigenvalue weighted by Gasteiger charge is -2.42. The predicted molar refractivity (Wildman–Crippen MR) is 78.9 cm³/mol. The van der Waals surface area contributed by atoms with Crippen molar-refractivity contribution in [2.24, 2.45) is 11.8 Å². The molecule has 1 unspecified atom stereocenters. The Morgan fingerprint density at radius 3 is 2.17 bits per heavy atom. The van der Waals surface area contributed by atoms with Crippen LogP contribution in [0.1, 0.15) is 66.7 Å². The van der Waals surface area contributed by atoms with Crippen LogP contribution in [0.5, 0.6) is 0 Å². The number of ether oxygens (including phenoxy) is 1. The van der Waals surface area contributed by atoms with E-state index in [4.69, 9.17) is 4.74 Å². The summed E-state index contributed by atoms with van der Waals surface area (Å²) in [5.41, 5.74) is -0.0471. The summed E-state index contributed by atoms with van der Waals surface area (Å²) in [6.45, 7) is 13.0. The summed E-state index contributed by atoms with van der Waals surface area (Å²) in [6.07, 6.45) is 6.91. The maximum Gasteiger partial charge on any atom is 0.0781 e. The van der Waals surface area contributed by atoms with Crippen LogP contribution in [-0.4, -0.2) is 24.8 Å². The Bertz CT molecular complexity index is 219. The zero-order chi connectivity index (χ0) is 13.6. The van der Waals surface area contributed by atoms with E-state index in [9.17, 15) is 0 Å². The first-order valence-corrected chi connectivity index (χ1v) is 7.92. The lowest BCUT2D eigenvalue weighted by molar-refractivity contribution is -0.0583. The van der Waals surface area contributed by atoms with Gasteiger partial charge in [-0.25, -0.2) is 0 Å². The molecule has 0 heterocycles. The lowest BCUT2D eigenvalue weighted by atomic mass is 9.73. The molecule has 0 aromatic rings. The Labute approximate surface area is 114 Å². The van der Waals surface area contributed by atoms with Crippen LogP contribution in [0.25, 0.3) is 0 Å². The minimum absolute atomic E-state index is 0.0471. The molecule has 0 aromatic heterocycles. The lowest BCUT2D eigenvalue weighted by Crippen LogP contribution is -2.53. The Hall–Kier alpha value is -0.0800. The highest BCUT2D eigenvalue weighted by Crippen LogP contribution is 2.36. The molecule has 1 aliphatic rings. The monoisotopic (exact) mass is 255 g/mol. The molecule has 1 fully saturated rings. The molecular weight excluding hydrogens is 222 g/mol. The van der Waals surface area contributed by atoms with Gasteiger partial charge in [-0.3, -0.25) is 0 Å². The van der Waals surface area contributed by atoms with E-state index in [1.807, 2.05) is 0 Å². The molecule has 0 aliphatic heterocycles. The second kappa shape index (κ2) is 7.49. The third kappa shape index (κ3) is 4.24. The maximum atomic E-state index is 5.99. The van der Waals surface area contributed by atoms with E-state index >= 15 is 0 Å². The van der Waals surface area contributed by atoms with Crippen molar-refractivity contribution in [1.82, 2.24) is 5.32 Å². The highest BCUT2D eigenvalue weighted by atomic mass is 16.5. The van der Waals surface area contributed by atoms with Gasteiger partial charge in [-0.15, -0.1) is 0 Å². The molecule has 0 bridgehead atoms. The first kappa shape index (κ1) is 16.0. The van der Waals surface area contributed by atoms with Gasteiger partial charge in [-0.05, 0) is 52.0 Å². The van der Waals surface area contributed by atoms with Gasteiger partial charge in [0.15, 0.2) is 0 Å². The number of hydrogen-bond donors (Lipinski definition) is 1. The highest BCUT2D eigenvalue weighted by molar-refractivity contribution is 4.92. The summed E-state index contributed by atoms with van der Waals surface area (Å²) >= 11 is 0. The van der Waals surface area contributed by atoms with E-state index in [0.717, 1.165) is 25.0 Å². The second-order valence-corrected chi connectivity index (χ2v) is 6.26. The summed E-state index contributed by atoms with van der Waals surface area (Å²) in [6, 6.07) is 0.500. The molecule has 108 valence electrons. The third-order valence-corrected chi connectivity index (χ3v) is 4.63. The van der Waals surface area contributed by atoms with Gasteiger partial charge in [0, 0.05) is 12.6 Å². The van der Waals surface area contributed by atoms with Crippen molar-refractivity contribution >= 4 is 0 Å². The molecule has 1 aliphatic carbocycles. The average Bonchev–Trinajstić information content (AvgIpc) is 2.36. The molecule has 1 saturated carbocycles. The standard InChI is InChI=1S/C16H33NO/c1-6-13-9-11-14(12-10-13)15(17-7-2)16(4,5)18-8-3/h13-15,17H,6-12H2,1-5H3. The van der Waals surface area contributed by atoms with Gasteiger partial charge in [0.05, 0.1) is 5.60 Å². The number of nitrogens with one attached hydrogen (secondary N) is 1. The molecule has 1 N–H and O–H groups in total. The van der Waals surface area contributed by atoms with Gasteiger partial charge in [0.2, 0.25) is 0 Å². The van der Waals surface area contributed by atoms with E-state index in [0.29, 0.717) is 6.04 Å². The zero-order valence-electron chi connectivity index (χ0n) is 13.1. The van der Waals surface area contributed by atoms with Crippen molar-refractivity contribution < 1.29 is 4.74 Å². The topological polar surface area (TPSA) is 21.3 Å². The SMILES string of the molecule is CCNC(C1CCC(CC)CC1)C(C)(C)OCC. The number of likely N-dealkylation sites (N-methyl/N-ethyl adjacent to an activating group) is 1. The van der Waals surface area contributed by atoms with Gasteiger partial charge >= 0.3 is 0 Å². The summed E-state index contributed by atoms with van der Waals surface area (Å²) in [5, 5.41) is 3.69. The Morgan fingerprint density at radius 1 is 1.11 bits per heavy atom. The van der Waals surface area contributed by atoms with E-state index in [1.54, 1.807) is 0 Å². The fraction of sp³-hybridized carbons (Fsp3) is 1.00. The van der Waals surface area contributed by atoms with Gasteiger partial charge in [0.1, 0.15) is 0 Å². The van der Waals surface area contributed by atoms with Crippen LogP contribution < -0.4 is 5.32 Å². The van der Waals surface area contributed by atoms with Crippen LogP contribution in [0.2, 0.25) is 0 Å². The van der Waals surface area contributed by atoms with E-state index in [1.165, 1.54) is 32.1 Å². The first-order valence-electron chi connectivity index (χ1n) is 7.92. The van der Waals surface area contributed by atoms with Crippen molar-refractivity contribution in [2.75, 3.05) is 13.2 Å². The van der Waals surface area contributed by atoms with Crippen molar-refractivity contribution in [2.45, 2.75) is 78.4 Å². The Balaban J connectivity index is 2.62. The number of hydrogen-bond acceptors (Lipinski definition) is 2. The van der Waals surface area contributed by atoms with Gasteiger partial charge in [-0.1, -0.05) is 33.1 Å². The van der Waals surface area contributed by atoms with Crippen LogP contribution in [0.4, 0.5) is 0 Å². The second-order valence-electron chi connectivity index (χ2n) is 6.26. The molecule has 0 aromatic carbocycles. The minimum Gasteiger partial charge on any atom is -0.374 e. The predicted octanol–water partition coefficient (Wildman–Crippen LogP) is 4.00. The normalized spacial score (nSPS) is 27.2. The molecule has 0 amide bonds. The summed E-state index contributed by atoms with van der Waals surface area (Å²) in [5.74, 6) is 1.76. The van der Waals surface area contributed by atoms with Crippen molar-refractivity contribution in [3.8, 4) is 0 Å². The van der Waals surface area contributed by atoms with E-state index in [-0.39, 0.29) is 5.60 Å². The molecule has 1 atom stereocenters. The smallest absolute Gasteiger partial charge is 0.0781 e. The Morgan fingerprint density at radius 2 is 1.72 bits per heavy atom. The average molecular weight is 255 g/mol. The van der Waals surface area contributed by atoms with Crippen molar-refractivity contribution in [3.63, 3.8) is 0 Å². The fourth-order valence-electron chi connectivity index (χ4n) is 3.59. The third-order valence-electron chi connectivity index (χ3n) is 4.63. The quantitative estimate of drug-likeness (QED) is 0.742. The molecule has 2 heteroatoms. The zero-order valence-corrected chi connectivity index (χ0v) is 13.1. The van der Waals surface area contributed by atoms with Crippen LogP contribution in [0.3, 0.4) is 0 Å². The fourth-order valence-corrected chi connectivity index (χ4v) is 3.59. The first-order chi connectivity index (χ1) is 8.55. The molecule has 2 nitrogen and oxygen atoms in total. The number of rotatable bonds is 7. The van der Waals surface area contributed by atoms with Crippen LogP contribution in [0, 0.1) is 11.8 Å². The molecule has 18 heavy (non-hydrogen) atoms. The summed E-state index contributed by atoms with van der Waals surface area (Å²) in [7, 11) is 0. The molecule has 0 spiro atoms. The summed E-state index contributed by atoms with van der Waals surface area (Å²) in [4.78, 5) is 0. The minimum atomic E-state index is -0.0471. The van der Waals surface area contributed by atoms with Crippen LogP contribution >= 0.6 is 0 Å². The molecule has 0 saturated heterocycles. The molecule has 1 rings (SSSR count). The van der Waals surface area contributed by atoms with Crippen molar-refractivity contribution in [3.05, 3.63) is 0 Å². The molecular formula is C16H33NO. The van der Waals surface area contributed by atoms with E-state index < -0.39 is 0 Å². The van der Waals surface area contributed by atoms with Crippen LogP contribution in [0.15, 0.2) is 0 Å². The Kier molecular flexibility index (Phi) is 6.65. The largest absolute Gasteiger partial charge is 0.374 e.